The molecule has 2 aromatic heterocycles. The van der Waals surface area contributed by atoms with Gasteiger partial charge in [0, 0.05) is 17.6 Å². The fraction of sp³-hybridized carbons (Fsp3) is 0.133. The molecular weight excluding hydrogens is 290 g/mol. The molecule has 0 aliphatic rings. The van der Waals surface area contributed by atoms with Crippen LogP contribution in [0, 0.1) is 0 Å². The number of fused-ring (bicyclic) bond motifs is 1. The van der Waals surface area contributed by atoms with Crippen molar-refractivity contribution in [3.05, 3.63) is 64.6 Å². The molecule has 3 rings (SSSR count). The highest BCUT2D eigenvalue weighted by Crippen LogP contribution is 2.16. The van der Waals surface area contributed by atoms with E-state index in [2.05, 4.69) is 10.2 Å². The molecule has 0 aliphatic heterocycles. The van der Waals surface area contributed by atoms with E-state index in [0.29, 0.717) is 22.7 Å². The third-order valence-electron chi connectivity index (χ3n) is 3.19. The number of esters is 1. The summed E-state index contributed by atoms with van der Waals surface area (Å²) in [5.41, 5.74) is 1.96. The van der Waals surface area contributed by atoms with Crippen LogP contribution in [0.5, 0.6) is 0 Å². The van der Waals surface area contributed by atoms with Gasteiger partial charge in [-0.3, -0.25) is 4.40 Å². The standard InChI is InChI=1S/C15H12ClN3O2/c1-21-15(20)12-3-2-8-19-13(17-18-14(12)19)9-10-4-6-11(16)7-5-10/h2-8H,9H2,1H3. The molecule has 6 heteroatoms. The van der Waals surface area contributed by atoms with E-state index in [0.717, 1.165) is 11.4 Å². The Balaban J connectivity index is 2.01. The van der Waals surface area contributed by atoms with Crippen molar-refractivity contribution in [3.63, 3.8) is 0 Å². The van der Waals surface area contributed by atoms with Crippen molar-refractivity contribution in [1.82, 2.24) is 14.6 Å². The Kier molecular flexibility index (Phi) is 3.58. The number of ether oxygens (including phenoxy) is 1. The van der Waals surface area contributed by atoms with Crippen LogP contribution in [0.15, 0.2) is 42.6 Å². The number of carbonyl (C=O) groups excluding carboxylic acids is 1. The lowest BCUT2D eigenvalue weighted by Gasteiger charge is -2.03. The summed E-state index contributed by atoms with van der Waals surface area (Å²) in [5.74, 6) is 0.323. The zero-order valence-electron chi connectivity index (χ0n) is 11.3. The van der Waals surface area contributed by atoms with E-state index in [-0.39, 0.29) is 0 Å². The molecule has 3 aromatic rings. The maximum atomic E-state index is 11.7. The minimum Gasteiger partial charge on any atom is -0.465 e. The van der Waals surface area contributed by atoms with Crippen molar-refractivity contribution in [3.8, 4) is 0 Å². The van der Waals surface area contributed by atoms with Crippen LogP contribution in [-0.2, 0) is 11.2 Å². The zero-order chi connectivity index (χ0) is 14.8. The molecule has 0 saturated carbocycles. The third kappa shape index (κ3) is 2.60. The van der Waals surface area contributed by atoms with Gasteiger partial charge in [0.2, 0.25) is 0 Å². The van der Waals surface area contributed by atoms with E-state index >= 15 is 0 Å². The summed E-state index contributed by atoms with van der Waals surface area (Å²) in [7, 11) is 1.34. The Morgan fingerprint density at radius 3 is 2.71 bits per heavy atom. The average molecular weight is 302 g/mol. The lowest BCUT2D eigenvalue weighted by molar-refractivity contribution is 0.0602. The lowest BCUT2D eigenvalue weighted by Crippen LogP contribution is -2.05. The SMILES string of the molecule is COC(=O)c1cccn2c(Cc3ccc(Cl)cc3)nnc12. The van der Waals surface area contributed by atoms with Gasteiger partial charge in [0.1, 0.15) is 11.4 Å². The van der Waals surface area contributed by atoms with Gasteiger partial charge in [-0.05, 0) is 29.8 Å². The highest BCUT2D eigenvalue weighted by atomic mass is 35.5. The molecule has 0 atom stereocenters. The number of benzene rings is 1. The molecule has 21 heavy (non-hydrogen) atoms. The molecule has 106 valence electrons. The van der Waals surface area contributed by atoms with Gasteiger partial charge in [-0.2, -0.15) is 0 Å². The Labute approximate surface area is 126 Å². The molecule has 0 unspecified atom stereocenters. The number of nitrogens with zero attached hydrogens (tertiary/aromatic N) is 3. The highest BCUT2D eigenvalue weighted by Gasteiger charge is 2.15. The molecule has 0 aliphatic carbocycles. The fourth-order valence-electron chi connectivity index (χ4n) is 2.14. The van der Waals surface area contributed by atoms with Crippen LogP contribution in [-0.4, -0.2) is 27.7 Å². The summed E-state index contributed by atoms with van der Waals surface area (Å²) in [6.45, 7) is 0. The molecule has 2 heterocycles. The number of hydrogen-bond acceptors (Lipinski definition) is 4. The molecular formula is C15H12ClN3O2. The van der Waals surface area contributed by atoms with Crippen molar-refractivity contribution < 1.29 is 9.53 Å². The van der Waals surface area contributed by atoms with Crippen molar-refractivity contribution >= 4 is 23.2 Å². The normalized spacial score (nSPS) is 10.8. The lowest BCUT2D eigenvalue weighted by atomic mass is 10.1. The van der Waals surface area contributed by atoms with Crippen LogP contribution in [0.3, 0.4) is 0 Å². The molecule has 0 spiro atoms. The molecule has 0 radical (unpaired) electrons. The van der Waals surface area contributed by atoms with E-state index in [1.54, 1.807) is 16.5 Å². The van der Waals surface area contributed by atoms with E-state index < -0.39 is 5.97 Å². The number of rotatable bonds is 3. The van der Waals surface area contributed by atoms with Gasteiger partial charge in [0.15, 0.2) is 5.65 Å². The second kappa shape index (κ2) is 5.54. The smallest absolute Gasteiger partial charge is 0.341 e. The molecule has 0 fully saturated rings. The molecule has 0 N–H and O–H groups in total. The average Bonchev–Trinajstić information content (AvgIpc) is 2.92. The van der Waals surface area contributed by atoms with Gasteiger partial charge < -0.3 is 4.74 Å². The highest BCUT2D eigenvalue weighted by molar-refractivity contribution is 6.30. The Morgan fingerprint density at radius 1 is 1.24 bits per heavy atom. The first-order valence-electron chi connectivity index (χ1n) is 6.34. The maximum Gasteiger partial charge on any atom is 0.341 e. The number of carbonyl (C=O) groups is 1. The van der Waals surface area contributed by atoms with E-state index in [1.807, 2.05) is 30.5 Å². The van der Waals surface area contributed by atoms with Crippen LogP contribution >= 0.6 is 11.6 Å². The number of aromatic nitrogens is 3. The summed E-state index contributed by atoms with van der Waals surface area (Å²) in [4.78, 5) is 11.7. The largest absolute Gasteiger partial charge is 0.465 e. The number of hydrogen-bond donors (Lipinski definition) is 0. The Bertz CT molecular complexity index is 796. The third-order valence-corrected chi connectivity index (χ3v) is 3.44. The Hall–Kier alpha value is -2.40. The van der Waals surface area contributed by atoms with Gasteiger partial charge in [-0.25, -0.2) is 4.79 Å². The molecule has 5 nitrogen and oxygen atoms in total. The van der Waals surface area contributed by atoms with Gasteiger partial charge in [0.05, 0.1) is 7.11 Å². The first-order valence-corrected chi connectivity index (χ1v) is 6.72. The van der Waals surface area contributed by atoms with Crippen molar-refractivity contribution in [2.75, 3.05) is 7.11 Å². The first kappa shape index (κ1) is 13.6. The van der Waals surface area contributed by atoms with Gasteiger partial charge in [-0.15, -0.1) is 10.2 Å². The first-order chi connectivity index (χ1) is 10.2. The zero-order valence-corrected chi connectivity index (χ0v) is 12.0. The molecule has 0 amide bonds. The van der Waals surface area contributed by atoms with Crippen molar-refractivity contribution in [2.24, 2.45) is 0 Å². The van der Waals surface area contributed by atoms with Crippen molar-refractivity contribution in [2.45, 2.75) is 6.42 Å². The van der Waals surface area contributed by atoms with Crippen LogP contribution in [0.25, 0.3) is 5.65 Å². The van der Waals surface area contributed by atoms with Gasteiger partial charge in [0.25, 0.3) is 0 Å². The molecule has 0 bridgehead atoms. The maximum absolute atomic E-state index is 11.7. The summed E-state index contributed by atoms with van der Waals surface area (Å²) in [5, 5.41) is 8.94. The summed E-state index contributed by atoms with van der Waals surface area (Å²) >= 11 is 5.88. The molecule has 0 saturated heterocycles. The number of pyridine rings is 1. The molecule has 1 aromatic carbocycles. The summed E-state index contributed by atoms with van der Waals surface area (Å²) in [6.07, 6.45) is 2.43. The Morgan fingerprint density at radius 2 is 2.00 bits per heavy atom. The van der Waals surface area contributed by atoms with Gasteiger partial charge in [-0.1, -0.05) is 23.7 Å². The predicted molar refractivity (Wildman–Crippen MR) is 78.6 cm³/mol. The second-order valence-electron chi connectivity index (χ2n) is 4.53. The topological polar surface area (TPSA) is 56.5 Å². The predicted octanol–water partition coefficient (Wildman–Crippen LogP) is 2.76. The number of halogens is 1. The summed E-state index contributed by atoms with van der Waals surface area (Å²) in [6, 6.07) is 11.0. The number of methoxy groups -OCH3 is 1. The van der Waals surface area contributed by atoms with Crippen LogP contribution in [0.1, 0.15) is 21.7 Å². The van der Waals surface area contributed by atoms with Crippen LogP contribution in [0.2, 0.25) is 5.02 Å². The van der Waals surface area contributed by atoms with Crippen LogP contribution in [0.4, 0.5) is 0 Å². The van der Waals surface area contributed by atoms with Crippen LogP contribution < -0.4 is 0 Å². The minimum atomic E-state index is -0.425. The second-order valence-corrected chi connectivity index (χ2v) is 4.96. The monoisotopic (exact) mass is 301 g/mol. The quantitative estimate of drug-likeness (QED) is 0.698. The van der Waals surface area contributed by atoms with Crippen molar-refractivity contribution in [1.29, 1.82) is 0 Å². The fourth-order valence-corrected chi connectivity index (χ4v) is 2.26. The van der Waals surface area contributed by atoms with E-state index in [9.17, 15) is 4.79 Å². The van der Waals surface area contributed by atoms with E-state index in [4.69, 9.17) is 16.3 Å². The summed E-state index contributed by atoms with van der Waals surface area (Å²) < 4.78 is 6.54. The van der Waals surface area contributed by atoms with Gasteiger partial charge >= 0.3 is 5.97 Å². The van der Waals surface area contributed by atoms with E-state index in [1.165, 1.54) is 7.11 Å². The minimum absolute atomic E-state index is 0.398.